The molecular weight excluding hydrogens is 338 g/mol. The van der Waals surface area contributed by atoms with E-state index in [1.165, 1.54) is 0 Å². The van der Waals surface area contributed by atoms with Crippen LogP contribution in [0.3, 0.4) is 0 Å². The fourth-order valence-corrected chi connectivity index (χ4v) is 3.08. The van der Waals surface area contributed by atoms with Crippen molar-refractivity contribution in [2.75, 3.05) is 5.43 Å². The first-order valence-corrected chi connectivity index (χ1v) is 8.52. The lowest BCUT2D eigenvalue weighted by atomic mass is 9.91. The molecule has 2 N–H and O–H groups in total. The molecule has 2 heterocycles. The van der Waals surface area contributed by atoms with Crippen molar-refractivity contribution < 1.29 is 19.1 Å². The molecule has 0 bridgehead atoms. The quantitative estimate of drug-likeness (QED) is 0.477. The summed E-state index contributed by atoms with van der Waals surface area (Å²) in [5, 5.41) is 10.6. The predicted molar refractivity (Wildman–Crippen MR) is 92.6 cm³/mol. The van der Waals surface area contributed by atoms with E-state index in [2.05, 4.69) is 25.6 Å². The average molecular weight is 359 g/mol. The average Bonchev–Trinajstić information content (AvgIpc) is 2.98. The summed E-state index contributed by atoms with van der Waals surface area (Å²) >= 11 is 0. The predicted octanol–water partition coefficient (Wildman–Crippen LogP) is 2.79. The zero-order valence-electron chi connectivity index (χ0n) is 15.0. The third-order valence-corrected chi connectivity index (χ3v) is 4.44. The summed E-state index contributed by atoms with van der Waals surface area (Å²) in [6, 6.07) is 0. The van der Waals surface area contributed by atoms with Crippen molar-refractivity contribution >= 4 is 29.2 Å². The molecule has 3 rings (SSSR count). The molecule has 1 spiro atoms. The number of rotatable bonds is 2. The summed E-state index contributed by atoms with van der Waals surface area (Å²) in [7, 11) is 0. The first kappa shape index (κ1) is 17.9. The van der Waals surface area contributed by atoms with Crippen molar-refractivity contribution in [3.63, 3.8) is 0 Å². The van der Waals surface area contributed by atoms with Gasteiger partial charge in [0.1, 0.15) is 0 Å². The minimum atomic E-state index is -1.15. The maximum absolute atomic E-state index is 12.2. The zero-order valence-corrected chi connectivity index (χ0v) is 15.0. The monoisotopic (exact) mass is 359 g/mol. The van der Waals surface area contributed by atoms with Crippen molar-refractivity contribution in [3.05, 3.63) is 17.1 Å². The van der Waals surface area contributed by atoms with E-state index in [4.69, 9.17) is 16.0 Å². The molecule has 0 aromatic carbocycles. The Morgan fingerprint density at radius 2 is 1.81 bits per heavy atom. The van der Waals surface area contributed by atoms with Crippen LogP contribution in [0.4, 0.5) is 11.5 Å². The SMILES string of the molecule is [C-]#[N+]c1c(NN=C2C(=O)OC3(CCCCC3)OC2=O)n[nH]c1C(C)(C)C. The number of hydrazone groups is 1. The second-order valence-corrected chi connectivity index (χ2v) is 7.48. The third-order valence-electron chi connectivity index (χ3n) is 4.44. The van der Waals surface area contributed by atoms with E-state index >= 15 is 0 Å². The number of H-pyrrole nitrogens is 1. The van der Waals surface area contributed by atoms with Crippen molar-refractivity contribution in [1.29, 1.82) is 0 Å². The molecule has 0 atom stereocenters. The molecule has 1 aliphatic heterocycles. The largest absolute Gasteiger partial charge is 0.417 e. The Balaban J connectivity index is 1.80. The summed E-state index contributed by atoms with van der Waals surface area (Å²) in [5.74, 6) is -2.67. The van der Waals surface area contributed by atoms with E-state index in [1.54, 1.807) is 0 Å². The van der Waals surface area contributed by atoms with Crippen LogP contribution in [0.15, 0.2) is 5.10 Å². The van der Waals surface area contributed by atoms with Gasteiger partial charge < -0.3 is 9.47 Å². The molecule has 0 unspecified atom stereocenters. The topological polar surface area (TPSA) is 110 Å². The molecule has 1 saturated heterocycles. The lowest BCUT2D eigenvalue weighted by molar-refractivity contribution is -0.237. The molecule has 1 aromatic rings. The molecule has 0 amide bonds. The van der Waals surface area contributed by atoms with Gasteiger partial charge >= 0.3 is 11.9 Å². The van der Waals surface area contributed by atoms with Gasteiger partial charge in [-0.15, -0.1) is 0 Å². The molecule has 9 nitrogen and oxygen atoms in total. The number of hydrogen-bond acceptors (Lipinski definition) is 7. The number of carbonyl (C=O) groups excluding carboxylic acids is 2. The summed E-state index contributed by atoms with van der Waals surface area (Å²) in [4.78, 5) is 27.9. The first-order chi connectivity index (χ1) is 12.3. The second kappa shape index (κ2) is 6.44. The van der Waals surface area contributed by atoms with Crippen LogP contribution in [0.25, 0.3) is 4.85 Å². The van der Waals surface area contributed by atoms with Gasteiger partial charge in [-0.05, 0) is 18.3 Å². The standard InChI is InChI=1S/C17H21N5O4/c1-16(2,3)12-10(18-4)13(22-20-12)21-19-11-14(23)25-17(26-15(11)24)8-6-5-7-9-17/h5-9H2,1-3H3,(H2,20,21,22). The highest BCUT2D eigenvalue weighted by molar-refractivity contribution is 6.63. The van der Waals surface area contributed by atoms with Crippen LogP contribution in [0.1, 0.15) is 58.6 Å². The smallest absolute Gasteiger partial charge is 0.369 e. The third kappa shape index (κ3) is 3.27. The molecule has 2 aliphatic rings. The van der Waals surface area contributed by atoms with Crippen LogP contribution in [0, 0.1) is 6.57 Å². The lowest BCUT2D eigenvalue weighted by Crippen LogP contribution is -2.51. The highest BCUT2D eigenvalue weighted by atomic mass is 16.7. The van der Waals surface area contributed by atoms with Gasteiger partial charge in [0, 0.05) is 18.5 Å². The fraction of sp³-hybridized carbons (Fsp3) is 0.588. The Kier molecular flexibility index (Phi) is 4.44. The minimum absolute atomic E-state index is 0.135. The number of carbonyl (C=O) groups is 2. The summed E-state index contributed by atoms with van der Waals surface area (Å²) < 4.78 is 10.7. The molecule has 0 radical (unpaired) electrons. The van der Waals surface area contributed by atoms with E-state index in [0.717, 1.165) is 19.3 Å². The van der Waals surface area contributed by atoms with Gasteiger partial charge in [-0.2, -0.15) is 10.2 Å². The molecule has 1 saturated carbocycles. The van der Waals surface area contributed by atoms with Crippen molar-refractivity contribution in [2.24, 2.45) is 5.10 Å². The van der Waals surface area contributed by atoms with Crippen LogP contribution in [-0.4, -0.2) is 33.6 Å². The van der Waals surface area contributed by atoms with Gasteiger partial charge in [-0.25, -0.2) is 14.4 Å². The van der Waals surface area contributed by atoms with E-state index in [0.29, 0.717) is 18.5 Å². The number of aromatic nitrogens is 2. The second-order valence-electron chi connectivity index (χ2n) is 7.48. The first-order valence-electron chi connectivity index (χ1n) is 8.52. The summed E-state index contributed by atoms with van der Waals surface area (Å²) in [6.45, 7) is 13.2. The van der Waals surface area contributed by atoms with E-state index < -0.39 is 23.4 Å². The normalized spacial score (nSPS) is 19.5. The minimum Gasteiger partial charge on any atom is -0.417 e. The Hall–Kier alpha value is -2.89. The van der Waals surface area contributed by atoms with Crippen LogP contribution < -0.4 is 5.43 Å². The number of aromatic amines is 1. The van der Waals surface area contributed by atoms with Crippen molar-refractivity contribution in [3.8, 4) is 0 Å². The number of hydrogen-bond donors (Lipinski definition) is 2. The van der Waals surface area contributed by atoms with Crippen LogP contribution in [0.2, 0.25) is 0 Å². The fourth-order valence-electron chi connectivity index (χ4n) is 3.08. The summed E-state index contributed by atoms with van der Waals surface area (Å²) in [6.07, 6.45) is 3.70. The van der Waals surface area contributed by atoms with Gasteiger partial charge in [0.05, 0.1) is 6.57 Å². The van der Waals surface area contributed by atoms with Crippen LogP contribution in [0.5, 0.6) is 0 Å². The Morgan fingerprint density at radius 3 is 2.35 bits per heavy atom. The lowest BCUT2D eigenvalue weighted by Gasteiger charge is -2.38. The number of nitrogens with one attached hydrogen (secondary N) is 2. The highest BCUT2D eigenvalue weighted by Crippen LogP contribution is 2.36. The Bertz CT molecular complexity index is 784. The van der Waals surface area contributed by atoms with Gasteiger partial charge in [-0.1, -0.05) is 27.2 Å². The molecular formula is C17H21N5O4. The van der Waals surface area contributed by atoms with E-state index in [-0.39, 0.29) is 16.9 Å². The maximum Gasteiger partial charge on any atom is 0.369 e. The Morgan fingerprint density at radius 1 is 1.19 bits per heavy atom. The molecule has 138 valence electrons. The maximum atomic E-state index is 12.2. The van der Waals surface area contributed by atoms with Gasteiger partial charge in [0.25, 0.3) is 17.2 Å². The van der Waals surface area contributed by atoms with Gasteiger partial charge in [0.2, 0.25) is 0 Å². The highest BCUT2D eigenvalue weighted by Gasteiger charge is 2.47. The van der Waals surface area contributed by atoms with Crippen molar-refractivity contribution in [2.45, 2.75) is 64.1 Å². The van der Waals surface area contributed by atoms with Gasteiger partial charge in [0.15, 0.2) is 5.82 Å². The zero-order chi connectivity index (χ0) is 18.9. The van der Waals surface area contributed by atoms with Gasteiger partial charge in [-0.3, -0.25) is 10.5 Å². The molecule has 1 aliphatic carbocycles. The van der Waals surface area contributed by atoms with Crippen molar-refractivity contribution in [1.82, 2.24) is 10.2 Å². The molecule has 2 fully saturated rings. The van der Waals surface area contributed by atoms with E-state index in [1.807, 2.05) is 20.8 Å². The molecule has 9 heteroatoms. The number of ether oxygens (including phenoxy) is 2. The van der Waals surface area contributed by atoms with E-state index in [9.17, 15) is 9.59 Å². The number of esters is 2. The van der Waals surface area contributed by atoms with Crippen LogP contribution in [-0.2, 0) is 24.5 Å². The summed E-state index contributed by atoms with van der Waals surface area (Å²) in [5.41, 5.74) is 2.58. The Labute approximate surface area is 150 Å². The molecule has 1 aromatic heterocycles. The van der Waals surface area contributed by atoms with Crippen LogP contribution >= 0.6 is 0 Å². The number of nitrogens with zero attached hydrogens (tertiary/aromatic N) is 3. The number of anilines is 1. The molecule has 26 heavy (non-hydrogen) atoms.